The maximum Gasteiger partial charge on any atom is 0.00926 e. The van der Waals surface area contributed by atoms with Gasteiger partial charge in [0.25, 0.3) is 0 Å². The van der Waals surface area contributed by atoms with Crippen LogP contribution in [0.4, 0.5) is 0 Å². The number of hydrogen-bond donors (Lipinski definition) is 1. The molecule has 17 heavy (non-hydrogen) atoms. The number of rotatable bonds is 8. The van der Waals surface area contributed by atoms with Crippen molar-refractivity contribution in [1.82, 2.24) is 5.32 Å². The van der Waals surface area contributed by atoms with Gasteiger partial charge in [0.1, 0.15) is 0 Å². The maximum absolute atomic E-state index is 3.71. The predicted molar refractivity (Wildman–Crippen MR) is 77.3 cm³/mol. The normalized spacial score (nSPS) is 21.4. The molecule has 1 N–H and O–H groups in total. The van der Waals surface area contributed by atoms with Crippen LogP contribution in [-0.2, 0) is 0 Å². The average molecular weight is 239 g/mol. The molecule has 0 saturated heterocycles. The summed E-state index contributed by atoms with van der Waals surface area (Å²) >= 11 is 0. The van der Waals surface area contributed by atoms with Gasteiger partial charge in [-0.05, 0) is 37.6 Å². The first-order chi connectivity index (χ1) is 8.27. The lowest BCUT2D eigenvalue weighted by molar-refractivity contribution is 0.278. The highest BCUT2D eigenvalue weighted by atomic mass is 14.9. The molecule has 0 bridgehead atoms. The Kier molecular flexibility index (Phi) is 7.92. The van der Waals surface area contributed by atoms with Crippen LogP contribution in [0.15, 0.2) is 0 Å². The van der Waals surface area contributed by atoms with Crippen LogP contribution in [0.3, 0.4) is 0 Å². The molecule has 2 atom stereocenters. The fraction of sp³-hybridized carbons (Fsp3) is 1.00. The smallest absolute Gasteiger partial charge is 0.00926 e. The monoisotopic (exact) mass is 239 g/mol. The topological polar surface area (TPSA) is 12.0 Å². The van der Waals surface area contributed by atoms with Crippen LogP contribution < -0.4 is 5.32 Å². The van der Waals surface area contributed by atoms with Gasteiger partial charge in [-0.3, -0.25) is 0 Å². The molecule has 0 spiro atoms. The zero-order chi connectivity index (χ0) is 12.5. The van der Waals surface area contributed by atoms with E-state index in [4.69, 9.17) is 0 Å². The van der Waals surface area contributed by atoms with Gasteiger partial charge in [-0.15, -0.1) is 0 Å². The van der Waals surface area contributed by atoms with E-state index in [1.807, 2.05) is 0 Å². The molecule has 1 nitrogen and oxygen atoms in total. The molecule has 1 saturated carbocycles. The van der Waals surface area contributed by atoms with E-state index < -0.39 is 0 Å². The molecule has 0 aromatic carbocycles. The second-order valence-corrected chi connectivity index (χ2v) is 6.01. The molecule has 102 valence electrons. The second kappa shape index (κ2) is 8.97. The van der Waals surface area contributed by atoms with Gasteiger partial charge in [-0.1, -0.05) is 59.3 Å². The van der Waals surface area contributed by atoms with E-state index in [1.165, 1.54) is 57.8 Å². The van der Waals surface area contributed by atoms with Crippen molar-refractivity contribution in [3.63, 3.8) is 0 Å². The average Bonchev–Trinajstić information content (AvgIpc) is 2.36. The summed E-state index contributed by atoms with van der Waals surface area (Å²) in [5.41, 5.74) is 0. The third kappa shape index (κ3) is 5.90. The van der Waals surface area contributed by atoms with E-state index in [0.29, 0.717) is 0 Å². The second-order valence-electron chi connectivity index (χ2n) is 6.01. The van der Waals surface area contributed by atoms with E-state index in [9.17, 15) is 0 Å². The fourth-order valence-corrected chi connectivity index (χ4v) is 3.40. The van der Waals surface area contributed by atoms with Crippen molar-refractivity contribution >= 4 is 0 Å². The minimum absolute atomic E-state index is 0.766. The third-order valence-corrected chi connectivity index (χ3v) is 4.51. The predicted octanol–water partition coefficient (Wildman–Crippen LogP) is 4.76. The van der Waals surface area contributed by atoms with Crippen molar-refractivity contribution in [1.29, 1.82) is 0 Å². The number of nitrogens with one attached hydrogen (secondary N) is 1. The van der Waals surface area contributed by atoms with Gasteiger partial charge in [-0.25, -0.2) is 0 Å². The van der Waals surface area contributed by atoms with E-state index in [-0.39, 0.29) is 0 Å². The Bertz CT molecular complexity index is 172. The summed E-state index contributed by atoms with van der Waals surface area (Å²) in [5, 5.41) is 3.71. The van der Waals surface area contributed by atoms with Crippen molar-refractivity contribution in [3.8, 4) is 0 Å². The van der Waals surface area contributed by atoms with Gasteiger partial charge in [0.15, 0.2) is 0 Å². The lowest BCUT2D eigenvalue weighted by Gasteiger charge is -2.28. The molecule has 1 aliphatic carbocycles. The fourth-order valence-electron chi connectivity index (χ4n) is 3.40. The minimum Gasteiger partial charge on any atom is -0.314 e. The van der Waals surface area contributed by atoms with E-state index in [2.05, 4.69) is 26.1 Å². The lowest BCUT2D eigenvalue weighted by atomic mass is 9.83. The Labute approximate surface area is 109 Å². The summed E-state index contributed by atoms with van der Waals surface area (Å²) in [6, 6.07) is 0.766. The van der Waals surface area contributed by atoms with Crippen molar-refractivity contribution in [2.45, 2.75) is 84.6 Å². The van der Waals surface area contributed by atoms with Crippen LogP contribution >= 0.6 is 0 Å². The molecule has 1 fully saturated rings. The molecule has 1 heteroatoms. The molecule has 0 radical (unpaired) electrons. The maximum atomic E-state index is 3.71. The Morgan fingerprint density at radius 1 is 1.06 bits per heavy atom. The standard InChI is InChI=1S/C16H33N/c1-4-9-14(3)16(17-5-2)13-12-15-10-7-6-8-11-15/h14-17H,4-13H2,1-3H3. The lowest BCUT2D eigenvalue weighted by Crippen LogP contribution is -2.35. The van der Waals surface area contributed by atoms with Crippen LogP contribution in [0.1, 0.15) is 78.6 Å². The first kappa shape index (κ1) is 15.0. The first-order valence-electron chi connectivity index (χ1n) is 8.01. The SMILES string of the molecule is CCCC(C)C(CCC1CCCCC1)NCC. The van der Waals surface area contributed by atoms with Gasteiger partial charge >= 0.3 is 0 Å². The van der Waals surface area contributed by atoms with E-state index >= 15 is 0 Å². The van der Waals surface area contributed by atoms with Crippen LogP contribution in [0.25, 0.3) is 0 Å². The summed E-state index contributed by atoms with van der Waals surface area (Å²) in [6.45, 7) is 8.11. The first-order valence-corrected chi connectivity index (χ1v) is 8.01. The van der Waals surface area contributed by atoms with E-state index in [1.54, 1.807) is 0 Å². The largest absolute Gasteiger partial charge is 0.314 e. The van der Waals surface area contributed by atoms with Gasteiger partial charge in [0, 0.05) is 6.04 Å². The quantitative estimate of drug-likeness (QED) is 0.644. The van der Waals surface area contributed by atoms with Gasteiger partial charge in [0.2, 0.25) is 0 Å². The van der Waals surface area contributed by atoms with Crippen molar-refractivity contribution in [2.75, 3.05) is 6.54 Å². The Hall–Kier alpha value is -0.0400. The Morgan fingerprint density at radius 3 is 2.35 bits per heavy atom. The van der Waals surface area contributed by atoms with Gasteiger partial charge in [-0.2, -0.15) is 0 Å². The van der Waals surface area contributed by atoms with Crippen LogP contribution in [-0.4, -0.2) is 12.6 Å². The molecular weight excluding hydrogens is 206 g/mol. The molecule has 0 aliphatic heterocycles. The summed E-state index contributed by atoms with van der Waals surface area (Å²) in [6.07, 6.45) is 13.0. The minimum atomic E-state index is 0.766. The van der Waals surface area contributed by atoms with E-state index in [0.717, 1.165) is 24.4 Å². The molecule has 0 aromatic rings. The van der Waals surface area contributed by atoms with Crippen molar-refractivity contribution in [2.24, 2.45) is 11.8 Å². The van der Waals surface area contributed by atoms with Crippen molar-refractivity contribution < 1.29 is 0 Å². The summed E-state index contributed by atoms with van der Waals surface area (Å²) in [7, 11) is 0. The zero-order valence-corrected chi connectivity index (χ0v) is 12.3. The molecular formula is C16H33N. The van der Waals surface area contributed by atoms with Crippen LogP contribution in [0, 0.1) is 11.8 Å². The Morgan fingerprint density at radius 2 is 1.76 bits per heavy atom. The zero-order valence-electron chi connectivity index (χ0n) is 12.3. The van der Waals surface area contributed by atoms with Crippen molar-refractivity contribution in [3.05, 3.63) is 0 Å². The molecule has 0 aromatic heterocycles. The van der Waals surface area contributed by atoms with Crippen LogP contribution in [0.2, 0.25) is 0 Å². The molecule has 1 aliphatic rings. The molecule has 0 heterocycles. The van der Waals surface area contributed by atoms with Gasteiger partial charge in [0.05, 0.1) is 0 Å². The van der Waals surface area contributed by atoms with Crippen LogP contribution in [0.5, 0.6) is 0 Å². The highest BCUT2D eigenvalue weighted by Crippen LogP contribution is 2.29. The molecule has 2 unspecified atom stereocenters. The number of hydrogen-bond acceptors (Lipinski definition) is 1. The summed E-state index contributed by atoms with van der Waals surface area (Å²) in [4.78, 5) is 0. The third-order valence-electron chi connectivity index (χ3n) is 4.51. The summed E-state index contributed by atoms with van der Waals surface area (Å²) in [5.74, 6) is 1.89. The highest BCUT2D eigenvalue weighted by molar-refractivity contribution is 4.75. The molecule has 1 rings (SSSR count). The summed E-state index contributed by atoms with van der Waals surface area (Å²) < 4.78 is 0. The van der Waals surface area contributed by atoms with Gasteiger partial charge < -0.3 is 5.32 Å². The molecule has 0 amide bonds. The highest BCUT2D eigenvalue weighted by Gasteiger charge is 2.19. The Balaban J connectivity index is 2.26.